The van der Waals surface area contributed by atoms with Crippen molar-refractivity contribution in [1.82, 2.24) is 0 Å². The van der Waals surface area contributed by atoms with E-state index in [0.29, 0.717) is 16.5 Å². The summed E-state index contributed by atoms with van der Waals surface area (Å²) in [6.45, 7) is 1.65. The van der Waals surface area contributed by atoms with E-state index >= 15 is 0 Å². The van der Waals surface area contributed by atoms with E-state index in [1.165, 1.54) is 0 Å². The number of benzene rings is 1. The van der Waals surface area contributed by atoms with Gasteiger partial charge in [-0.1, -0.05) is 30.1 Å². The molecule has 4 heteroatoms. The molecular weight excluding hydrogens is 223 g/mol. The van der Waals surface area contributed by atoms with Gasteiger partial charge in [0.2, 0.25) is 0 Å². The van der Waals surface area contributed by atoms with Gasteiger partial charge in [-0.25, -0.2) is 0 Å². The molecular formula is C10H10Cl2O2. The van der Waals surface area contributed by atoms with Crippen molar-refractivity contribution in [2.24, 2.45) is 5.92 Å². The Morgan fingerprint density at radius 1 is 1.36 bits per heavy atom. The molecule has 0 radical (unpaired) electrons. The number of carboxylic acids is 1. The maximum atomic E-state index is 10.6. The maximum absolute atomic E-state index is 10.6. The van der Waals surface area contributed by atoms with Crippen molar-refractivity contribution in [3.63, 3.8) is 0 Å². The van der Waals surface area contributed by atoms with E-state index in [4.69, 9.17) is 28.3 Å². The molecule has 0 aliphatic carbocycles. The highest BCUT2D eigenvalue weighted by Crippen LogP contribution is 2.21. The molecule has 1 unspecified atom stereocenters. The number of hydrogen-bond acceptors (Lipinski definition) is 1. The van der Waals surface area contributed by atoms with Crippen LogP contribution in [0.4, 0.5) is 0 Å². The highest BCUT2D eigenvalue weighted by Gasteiger charge is 2.12. The number of halogens is 2. The van der Waals surface area contributed by atoms with Gasteiger partial charge in [0.1, 0.15) is 0 Å². The van der Waals surface area contributed by atoms with Gasteiger partial charge in [0.05, 0.1) is 5.92 Å². The lowest BCUT2D eigenvalue weighted by Crippen LogP contribution is -2.12. The minimum absolute atomic E-state index is 0.426. The highest BCUT2D eigenvalue weighted by molar-refractivity contribution is 6.34. The lowest BCUT2D eigenvalue weighted by molar-refractivity contribution is -0.141. The van der Waals surface area contributed by atoms with Crippen molar-refractivity contribution in [1.29, 1.82) is 0 Å². The smallest absolute Gasteiger partial charge is 0.306 e. The highest BCUT2D eigenvalue weighted by atomic mass is 35.5. The van der Waals surface area contributed by atoms with Gasteiger partial charge in [-0.15, -0.1) is 0 Å². The van der Waals surface area contributed by atoms with Gasteiger partial charge in [-0.05, 0) is 30.2 Å². The maximum Gasteiger partial charge on any atom is 0.306 e. The van der Waals surface area contributed by atoms with Gasteiger partial charge in [0, 0.05) is 10.0 Å². The summed E-state index contributed by atoms with van der Waals surface area (Å²) < 4.78 is 0. The average molecular weight is 233 g/mol. The fourth-order valence-corrected chi connectivity index (χ4v) is 1.74. The molecule has 0 aliphatic heterocycles. The zero-order valence-electron chi connectivity index (χ0n) is 7.63. The molecule has 0 fully saturated rings. The molecule has 1 aromatic rings. The van der Waals surface area contributed by atoms with Gasteiger partial charge in [0.15, 0.2) is 0 Å². The SMILES string of the molecule is CC(Cc1cc(Cl)cc(Cl)c1)C(=O)O. The molecule has 0 aliphatic rings. The third-order valence-electron chi connectivity index (χ3n) is 1.89. The predicted octanol–water partition coefficient (Wildman–Crippen LogP) is 3.26. The molecule has 76 valence electrons. The van der Waals surface area contributed by atoms with Gasteiger partial charge in [-0.2, -0.15) is 0 Å². The summed E-state index contributed by atoms with van der Waals surface area (Å²) in [5, 5.41) is 9.78. The first-order valence-corrected chi connectivity index (χ1v) is 4.92. The molecule has 0 bridgehead atoms. The normalized spacial score (nSPS) is 12.5. The van der Waals surface area contributed by atoms with Gasteiger partial charge in [-0.3, -0.25) is 4.79 Å². The fraction of sp³-hybridized carbons (Fsp3) is 0.300. The second kappa shape index (κ2) is 4.67. The molecule has 0 spiro atoms. The van der Waals surface area contributed by atoms with E-state index < -0.39 is 11.9 Å². The number of hydrogen-bond donors (Lipinski definition) is 1. The Morgan fingerprint density at radius 3 is 2.29 bits per heavy atom. The monoisotopic (exact) mass is 232 g/mol. The van der Waals surface area contributed by atoms with Crippen LogP contribution in [0.1, 0.15) is 12.5 Å². The fourth-order valence-electron chi connectivity index (χ4n) is 1.17. The number of carboxylic acid groups (broad SMARTS) is 1. The molecule has 14 heavy (non-hydrogen) atoms. The summed E-state index contributed by atoms with van der Waals surface area (Å²) in [5.41, 5.74) is 0.845. The van der Waals surface area contributed by atoms with E-state index in [0.717, 1.165) is 5.56 Å². The van der Waals surface area contributed by atoms with E-state index in [1.54, 1.807) is 25.1 Å². The summed E-state index contributed by atoms with van der Waals surface area (Å²) in [4.78, 5) is 10.6. The minimum Gasteiger partial charge on any atom is -0.481 e. The standard InChI is InChI=1S/C10H10Cl2O2/c1-6(10(13)14)2-7-3-8(11)5-9(12)4-7/h3-6H,2H2,1H3,(H,13,14). The zero-order chi connectivity index (χ0) is 10.7. The molecule has 0 amide bonds. The first kappa shape index (κ1) is 11.3. The molecule has 1 aromatic carbocycles. The van der Waals surface area contributed by atoms with Crippen molar-refractivity contribution >= 4 is 29.2 Å². The average Bonchev–Trinajstić information content (AvgIpc) is 2.01. The Morgan fingerprint density at radius 2 is 1.86 bits per heavy atom. The third kappa shape index (κ3) is 3.20. The summed E-state index contributed by atoms with van der Waals surface area (Å²) in [5.74, 6) is -1.24. The van der Waals surface area contributed by atoms with Crippen molar-refractivity contribution in [2.75, 3.05) is 0 Å². The molecule has 1 rings (SSSR count). The lowest BCUT2D eigenvalue weighted by Gasteiger charge is -2.06. The summed E-state index contributed by atoms with van der Waals surface area (Å²) in [6, 6.07) is 5.08. The second-order valence-electron chi connectivity index (χ2n) is 3.22. The zero-order valence-corrected chi connectivity index (χ0v) is 9.14. The van der Waals surface area contributed by atoms with Gasteiger partial charge in [0.25, 0.3) is 0 Å². The van der Waals surface area contributed by atoms with Gasteiger partial charge < -0.3 is 5.11 Å². The van der Waals surface area contributed by atoms with Crippen LogP contribution in [0.3, 0.4) is 0 Å². The van der Waals surface area contributed by atoms with E-state index in [-0.39, 0.29) is 0 Å². The Kier molecular flexibility index (Phi) is 3.78. The molecule has 0 saturated carbocycles. The Hall–Kier alpha value is -0.730. The quantitative estimate of drug-likeness (QED) is 0.869. The first-order chi connectivity index (χ1) is 6.49. The number of aliphatic carboxylic acids is 1. The van der Waals surface area contributed by atoms with Crippen LogP contribution in [0.5, 0.6) is 0 Å². The Balaban J connectivity index is 2.81. The minimum atomic E-state index is -0.818. The van der Waals surface area contributed by atoms with Crippen LogP contribution < -0.4 is 0 Å². The van der Waals surface area contributed by atoms with Crippen LogP contribution in [0, 0.1) is 5.92 Å². The predicted molar refractivity (Wildman–Crippen MR) is 57.0 cm³/mol. The topological polar surface area (TPSA) is 37.3 Å². The van der Waals surface area contributed by atoms with Gasteiger partial charge >= 0.3 is 5.97 Å². The van der Waals surface area contributed by atoms with Crippen LogP contribution >= 0.6 is 23.2 Å². The van der Waals surface area contributed by atoms with E-state index in [9.17, 15) is 4.79 Å². The lowest BCUT2D eigenvalue weighted by atomic mass is 10.0. The van der Waals surface area contributed by atoms with Crippen LogP contribution in [-0.4, -0.2) is 11.1 Å². The molecule has 0 aromatic heterocycles. The molecule has 0 saturated heterocycles. The summed E-state index contributed by atoms with van der Waals surface area (Å²) >= 11 is 11.6. The number of carbonyl (C=O) groups is 1. The van der Waals surface area contributed by atoms with Crippen LogP contribution in [-0.2, 0) is 11.2 Å². The van der Waals surface area contributed by atoms with E-state index in [1.807, 2.05) is 0 Å². The molecule has 2 nitrogen and oxygen atoms in total. The van der Waals surface area contributed by atoms with Crippen LogP contribution in [0.15, 0.2) is 18.2 Å². The molecule has 0 heterocycles. The second-order valence-corrected chi connectivity index (χ2v) is 4.09. The van der Waals surface area contributed by atoms with Crippen molar-refractivity contribution < 1.29 is 9.90 Å². The Bertz CT molecular complexity index is 330. The van der Waals surface area contributed by atoms with Crippen molar-refractivity contribution in [3.05, 3.63) is 33.8 Å². The first-order valence-electron chi connectivity index (χ1n) is 4.17. The van der Waals surface area contributed by atoms with Crippen molar-refractivity contribution in [3.8, 4) is 0 Å². The Labute approximate surface area is 92.5 Å². The molecule has 1 atom stereocenters. The summed E-state index contributed by atoms with van der Waals surface area (Å²) in [6.07, 6.45) is 0.440. The van der Waals surface area contributed by atoms with E-state index in [2.05, 4.69) is 0 Å². The summed E-state index contributed by atoms with van der Waals surface area (Å²) in [7, 11) is 0. The third-order valence-corrected chi connectivity index (χ3v) is 2.32. The van der Waals surface area contributed by atoms with Crippen LogP contribution in [0.25, 0.3) is 0 Å². The van der Waals surface area contributed by atoms with Crippen molar-refractivity contribution in [2.45, 2.75) is 13.3 Å². The van der Waals surface area contributed by atoms with Crippen LogP contribution in [0.2, 0.25) is 10.0 Å². The number of rotatable bonds is 3. The molecule has 1 N–H and O–H groups in total. The largest absolute Gasteiger partial charge is 0.481 e.